The van der Waals surface area contributed by atoms with E-state index >= 15 is 0 Å². The largest absolute Gasteiger partial charge is 0.586 e. The van der Waals surface area contributed by atoms with Crippen LogP contribution in [0.15, 0.2) is 42.5 Å². The van der Waals surface area contributed by atoms with E-state index in [1.165, 1.54) is 23.1 Å². The number of carbonyl (C=O) groups excluding carboxylic acids is 2. The monoisotopic (exact) mass is 479 g/mol. The van der Waals surface area contributed by atoms with E-state index < -0.39 is 41.8 Å². The van der Waals surface area contributed by atoms with E-state index in [0.29, 0.717) is 17.0 Å². The van der Waals surface area contributed by atoms with E-state index in [0.717, 1.165) is 5.56 Å². The molecule has 4 rings (SSSR count). The van der Waals surface area contributed by atoms with Gasteiger partial charge in [-0.05, 0) is 47.7 Å². The molecule has 0 bridgehead atoms. The number of halogens is 3. The molecule has 2 aliphatic heterocycles. The number of hydrogen-bond acceptors (Lipinski definition) is 5. The van der Waals surface area contributed by atoms with Crippen LogP contribution < -0.4 is 9.47 Å². The normalized spacial score (nSPS) is 21.5. The van der Waals surface area contributed by atoms with Crippen LogP contribution in [0.1, 0.15) is 30.4 Å². The molecule has 10 heteroatoms. The van der Waals surface area contributed by atoms with Crippen LogP contribution in [0.2, 0.25) is 5.02 Å². The quantitative estimate of drug-likeness (QED) is 0.456. The van der Waals surface area contributed by atoms with Crippen molar-refractivity contribution in [3.05, 3.63) is 58.6 Å². The third-order valence-electron chi connectivity index (χ3n) is 5.83. The molecule has 2 aliphatic rings. The highest BCUT2D eigenvalue weighted by Gasteiger charge is 2.54. The number of aliphatic carboxylic acids is 1. The van der Waals surface area contributed by atoms with Gasteiger partial charge in [0.15, 0.2) is 11.5 Å². The molecule has 174 valence electrons. The first kappa shape index (κ1) is 23.0. The standard InChI is InChI=1S/C23H20ClF2NO6/c1-12(14-5-6-17-18(11-14)33-23(25,26)32-17)9-16(28)19-20(22(30)31)27(21(19)29)8-7-13-3-2-4-15(24)10-13/h2-6,10-12,19-20H,7-9H2,1H3,(H,30,31)/t12-,19?,20+/m0/s1. The number of alkyl halides is 2. The molecule has 1 unspecified atom stereocenters. The molecular formula is C23H20ClF2NO6. The molecular weight excluding hydrogens is 460 g/mol. The molecule has 1 fully saturated rings. The van der Waals surface area contributed by atoms with Crippen molar-refractivity contribution in [3.8, 4) is 11.5 Å². The number of rotatable bonds is 8. The van der Waals surface area contributed by atoms with Crippen LogP contribution >= 0.6 is 11.6 Å². The predicted molar refractivity (Wildman–Crippen MR) is 112 cm³/mol. The second kappa shape index (κ2) is 8.62. The predicted octanol–water partition coefficient (Wildman–Crippen LogP) is 3.88. The summed E-state index contributed by atoms with van der Waals surface area (Å²) in [7, 11) is 0. The van der Waals surface area contributed by atoms with E-state index in [1.807, 2.05) is 6.07 Å². The summed E-state index contributed by atoms with van der Waals surface area (Å²) in [6.07, 6.45) is -3.48. The lowest BCUT2D eigenvalue weighted by Gasteiger charge is -2.44. The van der Waals surface area contributed by atoms with Gasteiger partial charge in [0.2, 0.25) is 5.91 Å². The number of ether oxygens (including phenoxy) is 2. The second-order valence-electron chi connectivity index (χ2n) is 8.12. The van der Waals surface area contributed by atoms with Crippen LogP contribution in [-0.2, 0) is 20.8 Å². The van der Waals surface area contributed by atoms with E-state index in [-0.39, 0.29) is 24.5 Å². The summed E-state index contributed by atoms with van der Waals surface area (Å²) < 4.78 is 35.2. The highest BCUT2D eigenvalue weighted by Crippen LogP contribution is 2.43. The van der Waals surface area contributed by atoms with Gasteiger partial charge in [0, 0.05) is 18.0 Å². The first-order valence-electron chi connectivity index (χ1n) is 10.3. The maximum atomic E-state index is 13.2. The number of fused-ring (bicyclic) bond motifs is 1. The van der Waals surface area contributed by atoms with Gasteiger partial charge >= 0.3 is 12.3 Å². The number of benzene rings is 2. The Kier molecular flexibility index (Phi) is 6.00. The number of carboxylic acids is 1. The molecule has 2 aromatic rings. The number of likely N-dealkylation sites (tertiary alicyclic amines) is 1. The molecule has 0 aliphatic carbocycles. The zero-order valence-corrected chi connectivity index (χ0v) is 18.2. The molecule has 1 saturated heterocycles. The minimum absolute atomic E-state index is 0.113. The van der Waals surface area contributed by atoms with E-state index in [1.54, 1.807) is 25.1 Å². The van der Waals surface area contributed by atoms with Crippen molar-refractivity contribution in [2.24, 2.45) is 5.92 Å². The summed E-state index contributed by atoms with van der Waals surface area (Å²) in [4.78, 5) is 38.4. The van der Waals surface area contributed by atoms with E-state index in [9.17, 15) is 28.3 Å². The van der Waals surface area contributed by atoms with Gasteiger partial charge in [0.1, 0.15) is 17.7 Å². The molecule has 1 amide bonds. The fourth-order valence-electron chi connectivity index (χ4n) is 4.15. The summed E-state index contributed by atoms with van der Waals surface area (Å²) in [5, 5.41) is 10.2. The molecule has 2 heterocycles. The Hall–Kier alpha value is -3.20. The number of carbonyl (C=O) groups is 3. The van der Waals surface area contributed by atoms with Crippen molar-refractivity contribution in [2.75, 3.05) is 6.54 Å². The lowest BCUT2D eigenvalue weighted by molar-refractivity contribution is -0.286. The summed E-state index contributed by atoms with van der Waals surface area (Å²) in [6, 6.07) is 9.96. The first-order valence-corrected chi connectivity index (χ1v) is 10.6. The molecule has 3 atom stereocenters. The summed E-state index contributed by atoms with van der Waals surface area (Å²) in [6.45, 7) is 1.83. The van der Waals surface area contributed by atoms with Gasteiger partial charge in [-0.15, -0.1) is 8.78 Å². The Morgan fingerprint density at radius 1 is 1.18 bits per heavy atom. The molecule has 0 saturated carbocycles. The average Bonchev–Trinajstić information content (AvgIpc) is 3.04. The average molecular weight is 480 g/mol. The van der Waals surface area contributed by atoms with Gasteiger partial charge in [-0.3, -0.25) is 9.59 Å². The number of β-lactam (4-membered cyclic amide) rings is 1. The van der Waals surface area contributed by atoms with E-state index in [2.05, 4.69) is 9.47 Å². The van der Waals surface area contributed by atoms with Gasteiger partial charge in [-0.25, -0.2) is 4.79 Å². The van der Waals surface area contributed by atoms with Crippen LogP contribution in [0, 0.1) is 5.92 Å². The molecule has 0 spiro atoms. The number of nitrogens with zero attached hydrogens (tertiary/aromatic N) is 1. The smallest absolute Gasteiger partial charge is 0.480 e. The summed E-state index contributed by atoms with van der Waals surface area (Å²) in [5.41, 5.74) is 1.37. The topological polar surface area (TPSA) is 93.1 Å². The third-order valence-corrected chi connectivity index (χ3v) is 6.07. The third kappa shape index (κ3) is 4.64. The summed E-state index contributed by atoms with van der Waals surface area (Å²) in [5.74, 6) is -4.29. The van der Waals surface area contributed by atoms with Gasteiger partial charge in [0.25, 0.3) is 0 Å². The van der Waals surface area contributed by atoms with Crippen molar-refractivity contribution in [1.82, 2.24) is 4.90 Å². The van der Waals surface area contributed by atoms with Gasteiger partial charge in [-0.2, -0.15) is 0 Å². The molecule has 0 radical (unpaired) electrons. The molecule has 33 heavy (non-hydrogen) atoms. The van der Waals surface area contributed by atoms with Crippen molar-refractivity contribution < 1.29 is 37.7 Å². The van der Waals surface area contributed by atoms with Crippen molar-refractivity contribution >= 4 is 29.3 Å². The Morgan fingerprint density at radius 3 is 2.61 bits per heavy atom. The van der Waals surface area contributed by atoms with Crippen molar-refractivity contribution in [2.45, 2.75) is 38.0 Å². The lowest BCUT2D eigenvalue weighted by Crippen LogP contribution is -2.67. The van der Waals surface area contributed by atoms with Crippen LogP contribution in [0.3, 0.4) is 0 Å². The van der Waals surface area contributed by atoms with Crippen LogP contribution in [0.4, 0.5) is 8.78 Å². The Bertz CT molecular complexity index is 1120. The number of hydrogen-bond donors (Lipinski definition) is 1. The fourth-order valence-corrected chi connectivity index (χ4v) is 4.36. The fraction of sp³-hybridized carbons (Fsp3) is 0.348. The highest BCUT2D eigenvalue weighted by atomic mass is 35.5. The Labute approximate surface area is 192 Å². The second-order valence-corrected chi connectivity index (χ2v) is 8.55. The van der Waals surface area contributed by atoms with E-state index in [4.69, 9.17) is 11.6 Å². The van der Waals surface area contributed by atoms with Gasteiger partial charge < -0.3 is 19.5 Å². The summed E-state index contributed by atoms with van der Waals surface area (Å²) >= 11 is 5.95. The molecule has 2 aromatic carbocycles. The van der Waals surface area contributed by atoms with Crippen molar-refractivity contribution in [3.63, 3.8) is 0 Å². The number of ketones is 1. The number of amides is 1. The molecule has 7 nitrogen and oxygen atoms in total. The zero-order valence-electron chi connectivity index (χ0n) is 17.5. The van der Waals surface area contributed by atoms with Crippen LogP contribution in [0.25, 0.3) is 0 Å². The Balaban J connectivity index is 1.40. The maximum Gasteiger partial charge on any atom is 0.586 e. The van der Waals surface area contributed by atoms with Gasteiger partial charge in [0.05, 0.1) is 0 Å². The Morgan fingerprint density at radius 2 is 1.91 bits per heavy atom. The van der Waals surface area contributed by atoms with Crippen LogP contribution in [0.5, 0.6) is 11.5 Å². The highest BCUT2D eigenvalue weighted by molar-refractivity contribution is 6.30. The minimum atomic E-state index is -3.75. The lowest BCUT2D eigenvalue weighted by atomic mass is 9.79. The maximum absolute atomic E-state index is 13.2. The first-order chi connectivity index (χ1) is 15.6. The van der Waals surface area contributed by atoms with Crippen LogP contribution in [-0.4, -0.2) is 46.5 Å². The SMILES string of the molecule is C[C@@H](CC(=O)C1C(=O)N(CCc2cccc(Cl)c2)[C@H]1C(=O)O)c1ccc2c(c1)OC(F)(F)O2. The minimum Gasteiger partial charge on any atom is -0.480 e. The van der Waals surface area contributed by atoms with Crippen molar-refractivity contribution in [1.29, 1.82) is 0 Å². The number of carboxylic acid groups (broad SMARTS) is 1. The molecule has 0 aromatic heterocycles. The zero-order chi connectivity index (χ0) is 23.9. The molecule has 1 N–H and O–H groups in total. The number of Topliss-reactive ketones (excluding diaryl/α,β-unsaturated/α-hetero) is 1. The van der Waals surface area contributed by atoms with Gasteiger partial charge in [-0.1, -0.05) is 36.7 Å².